The van der Waals surface area contributed by atoms with Gasteiger partial charge in [0.1, 0.15) is 6.04 Å². The molecule has 4 aliphatic rings. The summed E-state index contributed by atoms with van der Waals surface area (Å²) in [6, 6.07) is -1.79. The molecule has 0 aliphatic carbocycles. The van der Waals surface area contributed by atoms with E-state index in [4.69, 9.17) is 0 Å². The van der Waals surface area contributed by atoms with Gasteiger partial charge in [0.05, 0.1) is 16.8 Å². The van der Waals surface area contributed by atoms with Gasteiger partial charge in [-0.3, -0.25) is 29.4 Å². The first-order valence-electron chi connectivity index (χ1n) is 9.22. The lowest BCUT2D eigenvalue weighted by Gasteiger charge is -2.54. The fraction of sp³-hybridized carbons (Fsp3) is 0.444. The topological polar surface area (TPSA) is 98.8 Å². The van der Waals surface area contributed by atoms with Gasteiger partial charge >= 0.3 is 0 Å². The lowest BCUT2D eigenvalue weighted by Crippen LogP contribution is -2.68. The van der Waals surface area contributed by atoms with Crippen molar-refractivity contribution in [3.8, 4) is 0 Å². The second-order valence-corrected chi connectivity index (χ2v) is 7.60. The van der Waals surface area contributed by atoms with Crippen molar-refractivity contribution < 1.29 is 32.3 Å². The number of halogens is 3. The minimum Gasteiger partial charge on any atom is -0.360 e. The molecule has 3 fully saturated rings. The van der Waals surface area contributed by atoms with Gasteiger partial charge < -0.3 is 10.2 Å². The number of carbonyl (C=O) groups excluding carboxylic acids is 4. The van der Waals surface area contributed by atoms with E-state index in [1.165, 1.54) is 4.90 Å². The number of carbonyl (C=O) groups is 4. The quantitative estimate of drug-likeness (QED) is 0.530. The summed E-state index contributed by atoms with van der Waals surface area (Å²) in [5, 5.41) is 5.13. The number of benzene rings is 1. The lowest BCUT2D eigenvalue weighted by molar-refractivity contribution is -0.136. The van der Waals surface area contributed by atoms with Gasteiger partial charge in [-0.15, -0.1) is 0 Å². The Kier molecular flexibility index (Phi) is 3.76. The van der Waals surface area contributed by atoms with E-state index in [9.17, 15) is 32.3 Å². The molecule has 8 nitrogen and oxygen atoms in total. The Balaban J connectivity index is 1.64. The van der Waals surface area contributed by atoms with Gasteiger partial charge in [-0.2, -0.15) is 0 Å². The van der Waals surface area contributed by atoms with E-state index in [0.29, 0.717) is 24.4 Å². The molecule has 0 aromatic heterocycles. The zero-order valence-corrected chi connectivity index (χ0v) is 14.9. The summed E-state index contributed by atoms with van der Waals surface area (Å²) in [4.78, 5) is 51.4. The van der Waals surface area contributed by atoms with Crippen molar-refractivity contribution in [3.05, 3.63) is 28.6 Å². The van der Waals surface area contributed by atoms with Crippen LogP contribution in [0.5, 0.6) is 0 Å². The fourth-order valence-electron chi connectivity index (χ4n) is 4.69. The number of piperazine rings is 1. The van der Waals surface area contributed by atoms with Gasteiger partial charge in [-0.25, -0.2) is 13.2 Å². The van der Waals surface area contributed by atoms with Crippen molar-refractivity contribution >= 4 is 29.3 Å². The molecule has 4 heterocycles. The molecular weight excluding hydrogens is 393 g/mol. The van der Waals surface area contributed by atoms with E-state index < -0.39 is 63.9 Å². The molecule has 4 amide bonds. The van der Waals surface area contributed by atoms with Crippen molar-refractivity contribution in [3.63, 3.8) is 0 Å². The highest BCUT2D eigenvalue weighted by atomic mass is 19.2. The average Bonchev–Trinajstić information content (AvgIpc) is 2.94. The Morgan fingerprint density at radius 2 is 1.52 bits per heavy atom. The van der Waals surface area contributed by atoms with Crippen molar-refractivity contribution in [1.29, 1.82) is 0 Å². The van der Waals surface area contributed by atoms with Gasteiger partial charge in [-0.05, 0) is 12.8 Å². The smallest absolute Gasteiger partial charge is 0.265 e. The normalized spacial score (nSPS) is 28.4. The lowest BCUT2D eigenvalue weighted by atomic mass is 9.86. The van der Waals surface area contributed by atoms with Crippen molar-refractivity contribution in [2.45, 2.75) is 37.4 Å². The second-order valence-electron chi connectivity index (χ2n) is 7.60. The van der Waals surface area contributed by atoms with E-state index in [1.54, 1.807) is 0 Å². The summed E-state index contributed by atoms with van der Waals surface area (Å²) in [6.07, 6.45) is 0.431. The number of piperidine rings is 2. The van der Waals surface area contributed by atoms with Gasteiger partial charge in [-0.1, -0.05) is 0 Å². The van der Waals surface area contributed by atoms with Crippen LogP contribution in [0.1, 0.15) is 40.0 Å². The molecule has 0 radical (unpaired) electrons. The number of imide groups is 2. The SMILES string of the molecule is O=C1CCC(N2C(=O)c3c(F)c(F)c(F)c(N4C5CNCC4C5)c3C2=O)C(=O)N1. The molecule has 11 heteroatoms. The number of fused-ring (bicyclic) bond motifs is 3. The van der Waals surface area contributed by atoms with E-state index in [2.05, 4.69) is 5.32 Å². The number of hydrogen-bond acceptors (Lipinski definition) is 6. The molecule has 3 unspecified atom stereocenters. The Morgan fingerprint density at radius 3 is 2.14 bits per heavy atom. The Labute approximate surface area is 162 Å². The molecule has 1 aromatic rings. The number of hydrogen-bond donors (Lipinski definition) is 2. The largest absolute Gasteiger partial charge is 0.360 e. The fourth-order valence-corrected chi connectivity index (χ4v) is 4.69. The van der Waals surface area contributed by atoms with Crippen LogP contribution in [0.3, 0.4) is 0 Å². The molecule has 1 aromatic carbocycles. The van der Waals surface area contributed by atoms with Crippen molar-refractivity contribution in [1.82, 2.24) is 15.5 Å². The number of nitrogens with zero attached hydrogens (tertiary/aromatic N) is 2. The summed E-state index contributed by atoms with van der Waals surface area (Å²) >= 11 is 0. The number of rotatable bonds is 2. The predicted molar refractivity (Wildman–Crippen MR) is 90.5 cm³/mol. The first-order valence-corrected chi connectivity index (χ1v) is 9.22. The van der Waals surface area contributed by atoms with Crippen LogP contribution in [0.2, 0.25) is 0 Å². The third kappa shape index (κ3) is 2.30. The van der Waals surface area contributed by atoms with E-state index in [0.717, 1.165) is 0 Å². The second kappa shape index (κ2) is 6.02. The van der Waals surface area contributed by atoms with Crippen LogP contribution in [0, 0.1) is 17.5 Å². The molecule has 2 bridgehead atoms. The number of nitrogens with one attached hydrogen (secondary N) is 2. The van der Waals surface area contributed by atoms with Gasteiger partial charge in [0, 0.05) is 31.6 Å². The Morgan fingerprint density at radius 1 is 0.862 bits per heavy atom. The maximum atomic E-state index is 14.8. The van der Waals surface area contributed by atoms with Crippen LogP contribution in [-0.2, 0) is 9.59 Å². The van der Waals surface area contributed by atoms with Crippen LogP contribution < -0.4 is 15.5 Å². The first kappa shape index (κ1) is 18.1. The Bertz CT molecular complexity index is 1000. The maximum Gasteiger partial charge on any atom is 0.265 e. The summed E-state index contributed by atoms with van der Waals surface area (Å²) in [7, 11) is 0. The summed E-state index contributed by atoms with van der Waals surface area (Å²) < 4.78 is 43.7. The molecule has 0 spiro atoms. The molecule has 5 rings (SSSR count). The molecular formula is C18H15F3N4O4. The van der Waals surface area contributed by atoms with Gasteiger partial charge in [0.2, 0.25) is 11.8 Å². The van der Waals surface area contributed by atoms with Crippen LogP contribution in [0.25, 0.3) is 0 Å². The standard InChI is InChI=1S/C18H15F3N4O4/c19-12-10-11(15(14(21)13(12)20)24-6-3-7(24)5-22-4-6)18(29)25(17(10)28)8-1-2-9(26)23-16(8)27/h6-8,22H,1-5H2,(H,23,26,27). The van der Waals surface area contributed by atoms with Crippen LogP contribution in [0.4, 0.5) is 18.9 Å². The van der Waals surface area contributed by atoms with Crippen molar-refractivity contribution in [2.24, 2.45) is 0 Å². The minimum atomic E-state index is -1.83. The molecule has 2 N–H and O–H groups in total. The van der Waals surface area contributed by atoms with Crippen molar-refractivity contribution in [2.75, 3.05) is 18.0 Å². The van der Waals surface area contributed by atoms with E-state index >= 15 is 0 Å². The highest BCUT2D eigenvalue weighted by Crippen LogP contribution is 2.44. The molecule has 0 saturated carbocycles. The number of anilines is 1. The summed E-state index contributed by atoms with van der Waals surface area (Å²) in [6.45, 7) is 0.950. The molecule has 152 valence electrons. The third-order valence-corrected chi connectivity index (χ3v) is 6.04. The van der Waals surface area contributed by atoms with E-state index in [1.807, 2.05) is 5.32 Å². The zero-order valence-electron chi connectivity index (χ0n) is 14.9. The molecule has 4 aliphatic heterocycles. The molecule has 29 heavy (non-hydrogen) atoms. The van der Waals surface area contributed by atoms with Crippen LogP contribution in [-0.4, -0.2) is 59.7 Å². The summed E-state index contributed by atoms with van der Waals surface area (Å²) in [5.41, 5.74) is -1.87. The monoisotopic (exact) mass is 408 g/mol. The van der Waals surface area contributed by atoms with Crippen LogP contribution in [0.15, 0.2) is 0 Å². The predicted octanol–water partition coefficient (Wildman–Crippen LogP) is 0.0556. The minimum absolute atomic E-state index is 0.121. The highest BCUT2D eigenvalue weighted by molar-refractivity contribution is 6.25. The van der Waals surface area contributed by atoms with E-state index in [-0.39, 0.29) is 24.9 Å². The summed E-state index contributed by atoms with van der Waals surface area (Å²) in [5.74, 6) is -8.83. The Hall–Kier alpha value is -2.95. The molecule has 3 saturated heterocycles. The average molecular weight is 408 g/mol. The first-order chi connectivity index (χ1) is 13.8. The third-order valence-electron chi connectivity index (χ3n) is 6.04. The zero-order chi connectivity index (χ0) is 20.6. The highest BCUT2D eigenvalue weighted by Gasteiger charge is 2.52. The van der Waals surface area contributed by atoms with Crippen LogP contribution >= 0.6 is 0 Å². The van der Waals surface area contributed by atoms with Gasteiger partial charge in [0.25, 0.3) is 11.8 Å². The molecule has 3 atom stereocenters. The van der Waals surface area contributed by atoms with Gasteiger partial charge in [0.15, 0.2) is 17.5 Å². The number of amides is 4. The maximum absolute atomic E-state index is 14.8.